The van der Waals surface area contributed by atoms with Crippen molar-refractivity contribution in [1.29, 1.82) is 0 Å². The van der Waals surface area contributed by atoms with Crippen LogP contribution in [-0.2, 0) is 0 Å². The van der Waals surface area contributed by atoms with Crippen molar-refractivity contribution in [2.45, 2.75) is 25.7 Å². The lowest BCUT2D eigenvalue weighted by atomic mass is 10.2. The summed E-state index contributed by atoms with van der Waals surface area (Å²) in [6.07, 6.45) is 5.14. The molecule has 0 unspecified atom stereocenters. The molecule has 3 rings (SSSR count). The molecular formula is C12H11BrN2O. The summed E-state index contributed by atoms with van der Waals surface area (Å²) in [6.45, 7) is 2.01. The third-order valence-electron chi connectivity index (χ3n) is 3.01. The zero-order chi connectivity index (χ0) is 11.3. The highest BCUT2D eigenvalue weighted by atomic mass is 79.9. The average Bonchev–Trinajstić information content (AvgIpc) is 3.00. The van der Waals surface area contributed by atoms with Crippen molar-refractivity contribution in [1.82, 2.24) is 9.38 Å². The Morgan fingerprint density at radius 1 is 1.56 bits per heavy atom. The third-order valence-corrected chi connectivity index (χ3v) is 3.45. The van der Waals surface area contributed by atoms with Crippen LogP contribution >= 0.6 is 15.9 Å². The summed E-state index contributed by atoms with van der Waals surface area (Å²) in [6, 6.07) is 2.02. The first kappa shape index (κ1) is 10.0. The number of hydrogen-bond acceptors (Lipinski definition) is 2. The fraction of sp³-hybridized carbons (Fsp3) is 0.333. The van der Waals surface area contributed by atoms with E-state index in [1.54, 1.807) is 0 Å². The average molecular weight is 279 g/mol. The molecule has 2 aromatic heterocycles. The number of aromatic nitrogens is 2. The number of aryl methyl sites for hydroxylation is 1. The fourth-order valence-electron chi connectivity index (χ4n) is 2.08. The van der Waals surface area contributed by atoms with E-state index < -0.39 is 0 Å². The standard InChI is InChI=1S/C12H11BrN2O/c1-7-4-9(13)5-15-10(6-16)11(8-2-3-8)14-12(7)15/h4-6,8H,2-3H2,1H3. The van der Waals surface area contributed by atoms with Crippen LogP contribution in [0.2, 0.25) is 0 Å². The normalized spacial score (nSPS) is 15.6. The van der Waals surface area contributed by atoms with Crippen LogP contribution in [0.3, 0.4) is 0 Å². The minimum Gasteiger partial charge on any atom is -0.296 e. The number of pyridine rings is 1. The number of carbonyl (C=O) groups excluding carboxylic acids is 1. The Kier molecular flexibility index (Phi) is 2.14. The van der Waals surface area contributed by atoms with Crippen molar-refractivity contribution in [2.75, 3.05) is 0 Å². The number of halogens is 1. The van der Waals surface area contributed by atoms with Crippen molar-refractivity contribution < 1.29 is 4.79 Å². The molecule has 16 heavy (non-hydrogen) atoms. The molecule has 1 aliphatic carbocycles. The maximum Gasteiger partial charge on any atom is 0.168 e. The third kappa shape index (κ3) is 1.40. The minimum absolute atomic E-state index is 0.498. The summed E-state index contributed by atoms with van der Waals surface area (Å²) < 4.78 is 2.86. The van der Waals surface area contributed by atoms with E-state index in [2.05, 4.69) is 20.9 Å². The molecule has 0 bridgehead atoms. The van der Waals surface area contributed by atoms with Crippen molar-refractivity contribution in [3.8, 4) is 0 Å². The van der Waals surface area contributed by atoms with Crippen LogP contribution in [0.25, 0.3) is 5.65 Å². The minimum atomic E-state index is 0.498. The molecule has 4 heteroatoms. The van der Waals surface area contributed by atoms with Crippen LogP contribution in [0, 0.1) is 6.92 Å². The molecule has 0 aromatic carbocycles. The summed E-state index contributed by atoms with van der Waals surface area (Å²) in [5.74, 6) is 0.498. The van der Waals surface area contributed by atoms with E-state index in [4.69, 9.17) is 0 Å². The monoisotopic (exact) mass is 278 g/mol. The number of hydrogen-bond donors (Lipinski definition) is 0. The molecule has 0 N–H and O–H groups in total. The number of fused-ring (bicyclic) bond motifs is 1. The van der Waals surface area contributed by atoms with Gasteiger partial charge in [0.05, 0.1) is 5.69 Å². The zero-order valence-electron chi connectivity index (χ0n) is 8.90. The van der Waals surface area contributed by atoms with E-state index in [1.807, 2.05) is 23.6 Å². The molecule has 3 nitrogen and oxygen atoms in total. The summed E-state index contributed by atoms with van der Waals surface area (Å²) in [5.41, 5.74) is 3.66. The van der Waals surface area contributed by atoms with Crippen molar-refractivity contribution in [2.24, 2.45) is 0 Å². The Bertz CT molecular complexity index is 584. The number of imidazole rings is 1. The highest BCUT2D eigenvalue weighted by Crippen LogP contribution is 2.41. The van der Waals surface area contributed by atoms with Gasteiger partial charge in [-0.2, -0.15) is 0 Å². The molecule has 0 radical (unpaired) electrons. The van der Waals surface area contributed by atoms with Gasteiger partial charge in [-0.25, -0.2) is 4.98 Å². The first-order chi connectivity index (χ1) is 7.70. The van der Waals surface area contributed by atoms with Gasteiger partial charge in [0, 0.05) is 16.6 Å². The largest absolute Gasteiger partial charge is 0.296 e. The van der Waals surface area contributed by atoms with Gasteiger partial charge >= 0.3 is 0 Å². The van der Waals surface area contributed by atoms with Gasteiger partial charge in [-0.05, 0) is 47.3 Å². The topological polar surface area (TPSA) is 34.4 Å². The van der Waals surface area contributed by atoms with Crippen molar-refractivity contribution >= 4 is 27.9 Å². The molecule has 0 amide bonds. The van der Waals surface area contributed by atoms with E-state index in [0.717, 1.165) is 40.5 Å². The maximum absolute atomic E-state index is 11.2. The molecule has 0 saturated heterocycles. The van der Waals surface area contributed by atoms with Crippen LogP contribution in [0.4, 0.5) is 0 Å². The van der Waals surface area contributed by atoms with Crippen LogP contribution in [0.1, 0.15) is 40.5 Å². The van der Waals surface area contributed by atoms with Gasteiger partial charge in [0.25, 0.3) is 0 Å². The second-order valence-corrected chi connectivity index (χ2v) is 5.23. The Hall–Kier alpha value is -1.16. The Morgan fingerprint density at radius 3 is 2.94 bits per heavy atom. The smallest absolute Gasteiger partial charge is 0.168 e. The number of carbonyl (C=O) groups is 1. The molecule has 1 saturated carbocycles. The van der Waals surface area contributed by atoms with E-state index in [-0.39, 0.29) is 0 Å². The lowest BCUT2D eigenvalue weighted by Crippen LogP contribution is -1.94. The second kappa shape index (κ2) is 3.42. The van der Waals surface area contributed by atoms with Gasteiger partial charge in [-0.1, -0.05) is 0 Å². The molecule has 2 aromatic rings. The van der Waals surface area contributed by atoms with Gasteiger partial charge in [0.15, 0.2) is 6.29 Å². The first-order valence-electron chi connectivity index (χ1n) is 5.34. The first-order valence-corrected chi connectivity index (χ1v) is 6.13. The fourth-order valence-corrected chi connectivity index (χ4v) is 2.63. The second-order valence-electron chi connectivity index (χ2n) is 4.31. The van der Waals surface area contributed by atoms with Crippen LogP contribution in [0.5, 0.6) is 0 Å². The van der Waals surface area contributed by atoms with Crippen molar-refractivity contribution in [3.63, 3.8) is 0 Å². The van der Waals surface area contributed by atoms with E-state index >= 15 is 0 Å². The Balaban J connectivity index is 2.37. The summed E-state index contributed by atoms with van der Waals surface area (Å²) in [4.78, 5) is 15.8. The van der Waals surface area contributed by atoms with Gasteiger partial charge in [0.1, 0.15) is 11.3 Å². The molecule has 1 aliphatic rings. The van der Waals surface area contributed by atoms with E-state index in [0.29, 0.717) is 11.6 Å². The molecule has 2 heterocycles. The van der Waals surface area contributed by atoms with Crippen molar-refractivity contribution in [3.05, 3.63) is 33.7 Å². The molecule has 1 fully saturated rings. The molecule has 0 atom stereocenters. The van der Waals surface area contributed by atoms with Crippen LogP contribution in [-0.4, -0.2) is 15.7 Å². The summed E-state index contributed by atoms with van der Waals surface area (Å²) >= 11 is 3.44. The van der Waals surface area contributed by atoms with E-state index in [1.165, 1.54) is 0 Å². The zero-order valence-corrected chi connectivity index (χ0v) is 10.5. The van der Waals surface area contributed by atoms with Gasteiger partial charge in [0.2, 0.25) is 0 Å². The maximum atomic E-state index is 11.2. The Labute approximate surface area is 102 Å². The quantitative estimate of drug-likeness (QED) is 0.792. The number of aldehydes is 1. The summed E-state index contributed by atoms with van der Waals surface area (Å²) in [5, 5.41) is 0. The predicted octanol–water partition coefficient (Wildman–Crippen LogP) is 3.10. The predicted molar refractivity (Wildman–Crippen MR) is 65.0 cm³/mol. The molecule has 0 aliphatic heterocycles. The molecular weight excluding hydrogens is 268 g/mol. The van der Waals surface area contributed by atoms with Gasteiger partial charge in [-0.15, -0.1) is 0 Å². The highest BCUT2D eigenvalue weighted by molar-refractivity contribution is 9.10. The highest BCUT2D eigenvalue weighted by Gasteiger charge is 2.30. The van der Waals surface area contributed by atoms with Gasteiger partial charge in [-0.3, -0.25) is 9.20 Å². The SMILES string of the molecule is Cc1cc(Br)cn2c(C=O)c(C3CC3)nc12. The molecule has 82 valence electrons. The van der Waals surface area contributed by atoms with E-state index in [9.17, 15) is 4.79 Å². The van der Waals surface area contributed by atoms with Gasteiger partial charge < -0.3 is 0 Å². The lowest BCUT2D eigenvalue weighted by Gasteiger charge is -2.00. The number of nitrogens with zero attached hydrogens (tertiary/aromatic N) is 2. The molecule has 0 spiro atoms. The van der Waals surface area contributed by atoms with Crippen LogP contribution in [0.15, 0.2) is 16.7 Å². The number of rotatable bonds is 2. The lowest BCUT2D eigenvalue weighted by molar-refractivity contribution is 0.111. The van der Waals surface area contributed by atoms with Crippen LogP contribution < -0.4 is 0 Å². The Morgan fingerprint density at radius 2 is 2.31 bits per heavy atom. The summed E-state index contributed by atoms with van der Waals surface area (Å²) in [7, 11) is 0.